The zero-order valence-electron chi connectivity index (χ0n) is 12.6. The largest absolute Gasteiger partial charge is 0.313 e. The Hall–Kier alpha value is -1.37. The van der Waals surface area contributed by atoms with Crippen LogP contribution in [0, 0.1) is 11.3 Å². The first-order valence-corrected chi connectivity index (χ1v) is 7.72. The molecule has 0 spiro atoms. The van der Waals surface area contributed by atoms with Gasteiger partial charge >= 0.3 is 0 Å². The van der Waals surface area contributed by atoms with Gasteiger partial charge in [0.2, 0.25) is 0 Å². The number of piperidine rings is 1. The van der Waals surface area contributed by atoms with Gasteiger partial charge in [-0.2, -0.15) is 5.26 Å². The van der Waals surface area contributed by atoms with E-state index in [-0.39, 0.29) is 0 Å². The highest BCUT2D eigenvalue weighted by Gasteiger charge is 2.20. The minimum atomic E-state index is 0.358. The Labute approximate surface area is 122 Å². The molecule has 1 fully saturated rings. The van der Waals surface area contributed by atoms with E-state index in [1.165, 1.54) is 24.8 Å². The molecule has 0 radical (unpaired) electrons. The third-order valence-electron chi connectivity index (χ3n) is 4.32. The van der Waals surface area contributed by atoms with Crippen LogP contribution in [0.4, 0.5) is 0 Å². The molecule has 0 aromatic heterocycles. The van der Waals surface area contributed by atoms with Crippen LogP contribution >= 0.6 is 0 Å². The fraction of sp³-hybridized carbons (Fsp3) is 0.588. The van der Waals surface area contributed by atoms with Crippen molar-refractivity contribution in [3.63, 3.8) is 0 Å². The fourth-order valence-electron chi connectivity index (χ4n) is 3.00. The predicted octanol–water partition coefficient (Wildman–Crippen LogP) is 3.08. The number of nitriles is 1. The molecule has 1 saturated heterocycles. The van der Waals surface area contributed by atoms with E-state index in [1.54, 1.807) is 0 Å². The van der Waals surface area contributed by atoms with Gasteiger partial charge in [0.05, 0.1) is 11.6 Å². The van der Waals surface area contributed by atoms with Crippen molar-refractivity contribution in [2.45, 2.75) is 45.2 Å². The van der Waals surface area contributed by atoms with Crippen LogP contribution in [0.15, 0.2) is 24.3 Å². The first-order valence-electron chi connectivity index (χ1n) is 7.72. The summed E-state index contributed by atoms with van der Waals surface area (Å²) >= 11 is 0. The Morgan fingerprint density at radius 1 is 1.45 bits per heavy atom. The summed E-state index contributed by atoms with van der Waals surface area (Å²) in [5.74, 6) is 0. The van der Waals surface area contributed by atoms with Gasteiger partial charge in [-0.25, -0.2) is 0 Å². The summed E-state index contributed by atoms with van der Waals surface area (Å²) in [4.78, 5) is 2.50. The summed E-state index contributed by atoms with van der Waals surface area (Å²) in [5, 5.41) is 12.6. The van der Waals surface area contributed by atoms with Crippen molar-refractivity contribution in [2.75, 3.05) is 19.6 Å². The highest BCUT2D eigenvalue weighted by molar-refractivity contribution is 5.34. The Balaban J connectivity index is 2.03. The molecule has 0 aliphatic carbocycles. The van der Waals surface area contributed by atoms with Gasteiger partial charge in [-0.05, 0) is 50.6 Å². The van der Waals surface area contributed by atoms with Crippen LogP contribution in [0.3, 0.4) is 0 Å². The van der Waals surface area contributed by atoms with Crippen molar-refractivity contribution < 1.29 is 0 Å². The van der Waals surface area contributed by atoms with Gasteiger partial charge in [-0.1, -0.05) is 25.5 Å². The summed E-state index contributed by atoms with van der Waals surface area (Å²) in [7, 11) is 0. The Bertz CT molecular complexity index is 458. The van der Waals surface area contributed by atoms with Gasteiger partial charge < -0.3 is 5.32 Å². The van der Waals surface area contributed by atoms with Crippen LogP contribution in [0.2, 0.25) is 0 Å². The van der Waals surface area contributed by atoms with E-state index in [0.29, 0.717) is 12.1 Å². The zero-order chi connectivity index (χ0) is 14.4. The third-order valence-corrected chi connectivity index (χ3v) is 4.32. The Morgan fingerprint density at radius 2 is 2.30 bits per heavy atom. The van der Waals surface area contributed by atoms with Crippen molar-refractivity contribution in [1.82, 2.24) is 10.2 Å². The highest BCUT2D eigenvalue weighted by atomic mass is 15.2. The van der Waals surface area contributed by atoms with Gasteiger partial charge in [0, 0.05) is 18.6 Å². The summed E-state index contributed by atoms with van der Waals surface area (Å²) in [6.45, 7) is 7.74. The first-order chi connectivity index (χ1) is 9.74. The molecule has 3 nitrogen and oxygen atoms in total. The molecular formula is C17H25N3. The quantitative estimate of drug-likeness (QED) is 0.894. The van der Waals surface area contributed by atoms with Crippen LogP contribution in [0.1, 0.15) is 50.3 Å². The van der Waals surface area contributed by atoms with Gasteiger partial charge in [-0.15, -0.1) is 0 Å². The minimum absolute atomic E-state index is 0.358. The number of rotatable bonds is 5. The van der Waals surface area contributed by atoms with Gasteiger partial charge in [0.25, 0.3) is 0 Å². The summed E-state index contributed by atoms with van der Waals surface area (Å²) in [6.07, 6.45) is 3.93. The number of nitrogens with zero attached hydrogens (tertiary/aromatic N) is 2. The maximum Gasteiger partial charge on any atom is 0.0991 e. The summed E-state index contributed by atoms with van der Waals surface area (Å²) < 4.78 is 0. The second kappa shape index (κ2) is 7.42. The molecule has 1 aromatic carbocycles. The molecule has 20 heavy (non-hydrogen) atoms. The van der Waals surface area contributed by atoms with E-state index in [9.17, 15) is 0 Å². The van der Waals surface area contributed by atoms with Crippen molar-refractivity contribution in [3.8, 4) is 6.07 Å². The lowest BCUT2D eigenvalue weighted by Gasteiger charge is -2.34. The van der Waals surface area contributed by atoms with Crippen LogP contribution < -0.4 is 5.32 Å². The summed E-state index contributed by atoms with van der Waals surface area (Å²) in [5.41, 5.74) is 1.99. The van der Waals surface area contributed by atoms with Crippen LogP contribution in [0.5, 0.6) is 0 Å². The number of benzene rings is 1. The topological polar surface area (TPSA) is 39.1 Å². The monoisotopic (exact) mass is 271 g/mol. The van der Waals surface area contributed by atoms with Crippen LogP contribution in [-0.4, -0.2) is 30.6 Å². The zero-order valence-corrected chi connectivity index (χ0v) is 12.6. The molecule has 0 saturated carbocycles. The van der Waals surface area contributed by atoms with Gasteiger partial charge in [-0.3, -0.25) is 4.90 Å². The van der Waals surface area contributed by atoms with Crippen molar-refractivity contribution in [2.24, 2.45) is 0 Å². The number of hydrogen-bond donors (Lipinski definition) is 1. The van der Waals surface area contributed by atoms with Gasteiger partial charge in [0.15, 0.2) is 0 Å². The SMILES string of the molecule is CCN(CC1CCCCN1)C(C)c1cccc(C#N)c1. The molecule has 1 aliphatic heterocycles. The molecule has 2 rings (SSSR count). The molecule has 1 heterocycles. The van der Waals surface area contributed by atoms with E-state index in [0.717, 1.165) is 25.2 Å². The standard InChI is InChI=1S/C17H25N3/c1-3-20(13-17-9-4-5-10-19-17)14(2)16-8-6-7-15(11-16)12-18/h6-8,11,14,17,19H,3-5,9-10,13H2,1-2H3. The fourth-order valence-corrected chi connectivity index (χ4v) is 3.00. The number of nitrogens with one attached hydrogen (secondary N) is 1. The van der Waals surface area contributed by atoms with Crippen LogP contribution in [-0.2, 0) is 0 Å². The molecule has 0 bridgehead atoms. The third kappa shape index (κ3) is 3.82. The minimum Gasteiger partial charge on any atom is -0.313 e. The maximum atomic E-state index is 9.03. The lowest BCUT2D eigenvalue weighted by Crippen LogP contribution is -2.44. The average molecular weight is 271 g/mol. The van der Waals surface area contributed by atoms with E-state index >= 15 is 0 Å². The van der Waals surface area contributed by atoms with Crippen LogP contribution in [0.25, 0.3) is 0 Å². The Morgan fingerprint density at radius 3 is 2.95 bits per heavy atom. The van der Waals surface area contributed by atoms with Gasteiger partial charge in [0.1, 0.15) is 0 Å². The first kappa shape index (κ1) is 15.0. The molecule has 1 N–H and O–H groups in total. The van der Waals surface area contributed by atoms with E-state index < -0.39 is 0 Å². The molecule has 1 aliphatic rings. The molecule has 3 heteroatoms. The molecule has 0 amide bonds. The Kier molecular flexibility index (Phi) is 5.58. The molecular weight excluding hydrogens is 246 g/mol. The van der Waals surface area contributed by atoms with E-state index in [4.69, 9.17) is 5.26 Å². The summed E-state index contributed by atoms with van der Waals surface area (Å²) in [6, 6.07) is 11.2. The predicted molar refractivity (Wildman–Crippen MR) is 82.5 cm³/mol. The van der Waals surface area contributed by atoms with Crippen molar-refractivity contribution in [1.29, 1.82) is 5.26 Å². The second-order valence-electron chi connectivity index (χ2n) is 5.65. The van der Waals surface area contributed by atoms with E-state index in [2.05, 4.69) is 36.2 Å². The number of hydrogen-bond acceptors (Lipinski definition) is 3. The molecule has 108 valence electrons. The molecule has 2 atom stereocenters. The highest BCUT2D eigenvalue weighted by Crippen LogP contribution is 2.22. The molecule has 1 aromatic rings. The maximum absolute atomic E-state index is 9.03. The second-order valence-corrected chi connectivity index (χ2v) is 5.65. The van der Waals surface area contributed by atoms with E-state index in [1.807, 2.05) is 18.2 Å². The van der Waals surface area contributed by atoms with Crippen molar-refractivity contribution >= 4 is 0 Å². The average Bonchev–Trinajstić information content (AvgIpc) is 2.53. The lowest BCUT2D eigenvalue weighted by atomic mass is 10.0. The normalized spacial score (nSPS) is 20.6. The number of likely N-dealkylation sites (N-methyl/N-ethyl adjacent to an activating group) is 1. The smallest absolute Gasteiger partial charge is 0.0991 e. The van der Waals surface area contributed by atoms with Crippen molar-refractivity contribution in [3.05, 3.63) is 35.4 Å². The molecule has 2 unspecified atom stereocenters. The lowest BCUT2D eigenvalue weighted by molar-refractivity contribution is 0.184.